The maximum Gasteiger partial charge on any atom is 0.251 e. The van der Waals surface area contributed by atoms with Crippen molar-refractivity contribution in [2.24, 2.45) is 0 Å². The van der Waals surface area contributed by atoms with Crippen molar-refractivity contribution in [1.82, 2.24) is 10.3 Å². The molecule has 1 amide bonds. The Labute approximate surface area is 120 Å². The highest BCUT2D eigenvalue weighted by Crippen LogP contribution is 2.10. The maximum atomic E-state index is 12.1. The van der Waals surface area contributed by atoms with Crippen LogP contribution in [-0.4, -0.2) is 42.5 Å². The molecule has 0 fully saturated rings. The molecule has 1 aromatic heterocycles. The molecule has 1 aromatic rings. The molecule has 0 saturated carbocycles. The molecule has 5 heteroatoms. The summed E-state index contributed by atoms with van der Waals surface area (Å²) in [6, 6.07) is 3.75. The number of carbonyl (C=O) groups excluding carboxylic acids is 1. The molecule has 1 heterocycles. The second-order valence-electron chi connectivity index (χ2n) is 4.66. The summed E-state index contributed by atoms with van der Waals surface area (Å²) >= 11 is 1.90. The van der Waals surface area contributed by atoms with Gasteiger partial charge in [-0.25, -0.2) is 4.98 Å². The second kappa shape index (κ2) is 8.04. The lowest BCUT2D eigenvalue weighted by Crippen LogP contribution is -2.33. The van der Waals surface area contributed by atoms with Crippen molar-refractivity contribution in [1.29, 1.82) is 0 Å². The fourth-order valence-corrected chi connectivity index (χ4v) is 2.40. The van der Waals surface area contributed by atoms with Gasteiger partial charge in [-0.15, -0.1) is 0 Å². The van der Waals surface area contributed by atoms with E-state index in [-0.39, 0.29) is 11.9 Å². The van der Waals surface area contributed by atoms with E-state index in [0.717, 1.165) is 23.7 Å². The van der Waals surface area contributed by atoms with Gasteiger partial charge in [0, 0.05) is 31.9 Å². The third kappa shape index (κ3) is 5.51. The number of thioether (sulfide) groups is 1. The van der Waals surface area contributed by atoms with Gasteiger partial charge in [0.05, 0.1) is 0 Å². The van der Waals surface area contributed by atoms with Crippen molar-refractivity contribution in [3.8, 4) is 0 Å². The number of anilines is 1. The standard InChI is InChI=1S/C14H23N3OS/c1-5-19-9-7-11(2)16-14(18)12-6-8-15-13(10-12)17(3)4/h6,8,10-11H,5,7,9H2,1-4H3,(H,16,18). The summed E-state index contributed by atoms with van der Waals surface area (Å²) in [6.07, 6.45) is 2.66. The topological polar surface area (TPSA) is 45.2 Å². The average molecular weight is 281 g/mol. The van der Waals surface area contributed by atoms with Crippen LogP contribution in [0, 0.1) is 0 Å². The summed E-state index contributed by atoms with van der Waals surface area (Å²) in [7, 11) is 3.82. The summed E-state index contributed by atoms with van der Waals surface area (Å²) in [5.41, 5.74) is 0.661. The van der Waals surface area contributed by atoms with E-state index in [9.17, 15) is 4.79 Å². The van der Waals surface area contributed by atoms with Crippen LogP contribution in [0.3, 0.4) is 0 Å². The van der Waals surface area contributed by atoms with Crippen molar-refractivity contribution >= 4 is 23.5 Å². The van der Waals surface area contributed by atoms with E-state index in [2.05, 4.69) is 17.2 Å². The smallest absolute Gasteiger partial charge is 0.251 e. The van der Waals surface area contributed by atoms with E-state index in [1.807, 2.05) is 43.7 Å². The molecule has 1 N–H and O–H groups in total. The van der Waals surface area contributed by atoms with E-state index in [1.165, 1.54) is 0 Å². The summed E-state index contributed by atoms with van der Waals surface area (Å²) < 4.78 is 0. The molecule has 0 aliphatic heterocycles. The number of hydrogen-bond acceptors (Lipinski definition) is 4. The molecule has 1 atom stereocenters. The van der Waals surface area contributed by atoms with Gasteiger partial charge < -0.3 is 10.2 Å². The highest BCUT2D eigenvalue weighted by molar-refractivity contribution is 7.99. The number of nitrogens with one attached hydrogen (secondary N) is 1. The van der Waals surface area contributed by atoms with Crippen LogP contribution in [0.2, 0.25) is 0 Å². The largest absolute Gasteiger partial charge is 0.363 e. The summed E-state index contributed by atoms with van der Waals surface area (Å²) in [5, 5.41) is 3.02. The van der Waals surface area contributed by atoms with Crippen LogP contribution < -0.4 is 10.2 Å². The minimum atomic E-state index is -0.0282. The lowest BCUT2D eigenvalue weighted by molar-refractivity contribution is 0.0939. The number of amides is 1. The van der Waals surface area contributed by atoms with E-state index in [4.69, 9.17) is 0 Å². The molecule has 0 saturated heterocycles. The first kappa shape index (κ1) is 15.8. The van der Waals surface area contributed by atoms with Gasteiger partial charge in [-0.2, -0.15) is 11.8 Å². The maximum absolute atomic E-state index is 12.1. The lowest BCUT2D eigenvalue weighted by atomic mass is 10.2. The van der Waals surface area contributed by atoms with Crippen LogP contribution >= 0.6 is 11.8 Å². The number of pyridine rings is 1. The van der Waals surface area contributed by atoms with Crippen molar-refractivity contribution in [3.05, 3.63) is 23.9 Å². The van der Waals surface area contributed by atoms with Crippen molar-refractivity contribution in [2.75, 3.05) is 30.5 Å². The van der Waals surface area contributed by atoms with Gasteiger partial charge in [0.1, 0.15) is 5.82 Å². The predicted octanol–water partition coefficient (Wildman–Crippen LogP) is 2.41. The zero-order valence-electron chi connectivity index (χ0n) is 12.1. The van der Waals surface area contributed by atoms with Gasteiger partial charge >= 0.3 is 0 Å². The van der Waals surface area contributed by atoms with E-state index in [1.54, 1.807) is 12.3 Å². The predicted molar refractivity (Wildman–Crippen MR) is 83.1 cm³/mol. The van der Waals surface area contributed by atoms with Crippen molar-refractivity contribution < 1.29 is 4.79 Å². The van der Waals surface area contributed by atoms with Gasteiger partial charge in [0.25, 0.3) is 5.91 Å². The molecule has 0 bridgehead atoms. The average Bonchev–Trinajstić information content (AvgIpc) is 2.39. The summed E-state index contributed by atoms with van der Waals surface area (Å²) in [5.74, 6) is 2.97. The molecule has 0 aliphatic rings. The number of rotatable bonds is 7. The molecule has 19 heavy (non-hydrogen) atoms. The third-order valence-electron chi connectivity index (χ3n) is 2.74. The van der Waals surface area contributed by atoms with E-state index >= 15 is 0 Å². The Kier molecular flexibility index (Phi) is 6.70. The zero-order chi connectivity index (χ0) is 14.3. The van der Waals surface area contributed by atoms with Crippen molar-refractivity contribution in [3.63, 3.8) is 0 Å². The van der Waals surface area contributed by atoms with Crippen LogP contribution in [-0.2, 0) is 0 Å². The molecule has 1 unspecified atom stereocenters. The quantitative estimate of drug-likeness (QED) is 0.780. The Balaban J connectivity index is 2.55. The van der Waals surface area contributed by atoms with Gasteiger partial charge in [0.2, 0.25) is 0 Å². The lowest BCUT2D eigenvalue weighted by Gasteiger charge is -2.15. The van der Waals surface area contributed by atoms with Crippen LogP contribution in [0.25, 0.3) is 0 Å². The normalized spacial score (nSPS) is 12.0. The zero-order valence-corrected chi connectivity index (χ0v) is 13.0. The Morgan fingerprint density at radius 3 is 2.89 bits per heavy atom. The minimum Gasteiger partial charge on any atom is -0.363 e. The number of aromatic nitrogens is 1. The molecule has 0 spiro atoms. The first-order valence-electron chi connectivity index (χ1n) is 6.56. The summed E-state index contributed by atoms with van der Waals surface area (Å²) in [6.45, 7) is 4.19. The highest BCUT2D eigenvalue weighted by Gasteiger charge is 2.11. The first-order chi connectivity index (χ1) is 9.04. The number of carbonyl (C=O) groups is 1. The Morgan fingerprint density at radius 1 is 1.53 bits per heavy atom. The SMILES string of the molecule is CCSCCC(C)NC(=O)c1ccnc(N(C)C)c1. The molecule has 106 valence electrons. The molecule has 0 aromatic carbocycles. The number of hydrogen-bond donors (Lipinski definition) is 1. The van der Waals surface area contributed by atoms with Crippen LogP contribution in [0.1, 0.15) is 30.6 Å². The fourth-order valence-electron chi connectivity index (χ4n) is 1.59. The second-order valence-corrected chi connectivity index (χ2v) is 6.05. The van der Waals surface area contributed by atoms with E-state index in [0.29, 0.717) is 5.56 Å². The van der Waals surface area contributed by atoms with Gasteiger partial charge in [-0.05, 0) is 37.0 Å². The molecule has 4 nitrogen and oxygen atoms in total. The Morgan fingerprint density at radius 2 is 2.26 bits per heavy atom. The van der Waals surface area contributed by atoms with Crippen LogP contribution in [0.5, 0.6) is 0 Å². The van der Waals surface area contributed by atoms with Gasteiger partial charge in [-0.3, -0.25) is 4.79 Å². The molecule has 0 radical (unpaired) electrons. The molecule has 1 rings (SSSR count). The highest BCUT2D eigenvalue weighted by atomic mass is 32.2. The molecule has 0 aliphatic carbocycles. The Bertz CT molecular complexity index is 409. The Hall–Kier alpha value is -1.23. The van der Waals surface area contributed by atoms with Crippen LogP contribution in [0.15, 0.2) is 18.3 Å². The monoisotopic (exact) mass is 281 g/mol. The molecular formula is C14H23N3OS. The number of nitrogens with zero attached hydrogens (tertiary/aromatic N) is 2. The van der Waals surface area contributed by atoms with Gasteiger partial charge in [0.15, 0.2) is 0 Å². The third-order valence-corrected chi connectivity index (χ3v) is 3.68. The first-order valence-corrected chi connectivity index (χ1v) is 7.72. The van der Waals surface area contributed by atoms with Crippen molar-refractivity contribution in [2.45, 2.75) is 26.3 Å². The van der Waals surface area contributed by atoms with Gasteiger partial charge in [-0.1, -0.05) is 6.92 Å². The summed E-state index contributed by atoms with van der Waals surface area (Å²) in [4.78, 5) is 18.2. The van der Waals surface area contributed by atoms with E-state index < -0.39 is 0 Å². The minimum absolute atomic E-state index is 0.0282. The fraction of sp³-hybridized carbons (Fsp3) is 0.571. The van der Waals surface area contributed by atoms with Crippen LogP contribution in [0.4, 0.5) is 5.82 Å². The molecular weight excluding hydrogens is 258 g/mol.